The summed E-state index contributed by atoms with van der Waals surface area (Å²) in [6, 6.07) is 6.03. The highest BCUT2D eigenvalue weighted by atomic mass is 32.2. The molecule has 1 aliphatic rings. The highest BCUT2D eigenvalue weighted by Gasteiger charge is 2.30. The van der Waals surface area contributed by atoms with Crippen LogP contribution >= 0.6 is 0 Å². The Morgan fingerprint density at radius 3 is 2.65 bits per heavy atom. The van der Waals surface area contributed by atoms with E-state index in [-0.39, 0.29) is 23.1 Å². The highest BCUT2D eigenvalue weighted by Crippen LogP contribution is 2.31. The maximum atomic E-state index is 12.7. The van der Waals surface area contributed by atoms with Crippen molar-refractivity contribution in [3.8, 4) is 5.75 Å². The molecule has 2 heterocycles. The molecule has 26 heavy (non-hydrogen) atoms. The van der Waals surface area contributed by atoms with Gasteiger partial charge in [-0.15, -0.1) is 0 Å². The van der Waals surface area contributed by atoms with Gasteiger partial charge in [-0.05, 0) is 31.0 Å². The van der Waals surface area contributed by atoms with E-state index in [1.54, 1.807) is 6.07 Å². The molecule has 3 N–H and O–H groups in total. The van der Waals surface area contributed by atoms with Crippen LogP contribution in [0.25, 0.3) is 0 Å². The number of nitrogens with two attached hydrogens (primary N) is 1. The van der Waals surface area contributed by atoms with E-state index in [4.69, 9.17) is 14.9 Å². The van der Waals surface area contributed by atoms with Gasteiger partial charge in [-0.25, -0.2) is 8.42 Å². The van der Waals surface area contributed by atoms with Crippen LogP contribution in [0.4, 0.5) is 5.69 Å². The summed E-state index contributed by atoms with van der Waals surface area (Å²) in [6.07, 6.45) is 3.03. The highest BCUT2D eigenvalue weighted by molar-refractivity contribution is 7.89. The van der Waals surface area contributed by atoms with Crippen LogP contribution < -0.4 is 15.8 Å². The van der Waals surface area contributed by atoms with Crippen molar-refractivity contribution in [3.63, 3.8) is 0 Å². The van der Waals surface area contributed by atoms with Gasteiger partial charge in [0, 0.05) is 24.8 Å². The van der Waals surface area contributed by atoms with Gasteiger partial charge in [0.15, 0.2) is 0 Å². The van der Waals surface area contributed by atoms with Crippen molar-refractivity contribution >= 4 is 21.6 Å². The maximum absolute atomic E-state index is 12.7. The Balaban J connectivity index is 1.83. The third kappa shape index (κ3) is 3.59. The number of hydrogen-bond acceptors (Lipinski definition) is 6. The molecule has 0 atom stereocenters. The second kappa shape index (κ2) is 7.48. The van der Waals surface area contributed by atoms with Crippen molar-refractivity contribution in [3.05, 3.63) is 41.9 Å². The summed E-state index contributed by atoms with van der Waals surface area (Å²) in [4.78, 5) is 12.3. The lowest BCUT2D eigenvalue weighted by Gasteiger charge is -2.18. The molecule has 1 amide bonds. The van der Waals surface area contributed by atoms with Crippen LogP contribution in [0.15, 0.2) is 39.8 Å². The molecule has 0 aliphatic carbocycles. The molecule has 140 valence electrons. The topological polar surface area (TPSA) is 115 Å². The molecule has 0 saturated carbocycles. The van der Waals surface area contributed by atoms with E-state index < -0.39 is 10.0 Å². The second-order valence-corrected chi connectivity index (χ2v) is 7.84. The molecule has 2 aromatic rings. The first kappa shape index (κ1) is 18.4. The Bertz CT molecular complexity index is 901. The van der Waals surface area contributed by atoms with Crippen LogP contribution in [0.2, 0.25) is 0 Å². The van der Waals surface area contributed by atoms with Crippen molar-refractivity contribution in [1.29, 1.82) is 0 Å². The lowest BCUT2D eigenvalue weighted by atomic mass is 10.2. The molecule has 0 spiro atoms. The Morgan fingerprint density at radius 1 is 1.31 bits per heavy atom. The number of hydrogen-bond donors (Lipinski definition) is 2. The van der Waals surface area contributed by atoms with Gasteiger partial charge in [-0.1, -0.05) is 0 Å². The lowest BCUT2D eigenvalue weighted by Crippen LogP contribution is -2.28. The van der Waals surface area contributed by atoms with Gasteiger partial charge in [0.2, 0.25) is 10.0 Å². The minimum Gasteiger partial charge on any atom is -0.495 e. The van der Waals surface area contributed by atoms with Gasteiger partial charge in [-0.2, -0.15) is 4.31 Å². The first-order valence-corrected chi connectivity index (χ1v) is 9.66. The molecule has 1 aliphatic heterocycles. The summed E-state index contributed by atoms with van der Waals surface area (Å²) in [5, 5.41) is 2.69. The second-order valence-electron chi connectivity index (χ2n) is 5.94. The number of amides is 1. The fraction of sp³-hybridized carbons (Fsp3) is 0.353. The van der Waals surface area contributed by atoms with E-state index >= 15 is 0 Å². The van der Waals surface area contributed by atoms with Crippen LogP contribution in [0.3, 0.4) is 0 Å². The van der Waals surface area contributed by atoms with E-state index in [1.165, 1.54) is 35.9 Å². The largest absolute Gasteiger partial charge is 0.495 e. The number of anilines is 1. The van der Waals surface area contributed by atoms with E-state index in [0.717, 1.165) is 12.8 Å². The van der Waals surface area contributed by atoms with E-state index in [0.29, 0.717) is 30.1 Å². The molecule has 0 unspecified atom stereocenters. The summed E-state index contributed by atoms with van der Waals surface area (Å²) in [5.41, 5.74) is 6.21. The molecule has 1 aromatic heterocycles. The van der Waals surface area contributed by atoms with Gasteiger partial charge in [-0.3, -0.25) is 4.79 Å². The number of rotatable bonds is 6. The summed E-state index contributed by atoms with van der Waals surface area (Å²) in [5.74, 6) is 0.301. The van der Waals surface area contributed by atoms with Crippen LogP contribution in [-0.4, -0.2) is 38.8 Å². The summed E-state index contributed by atoms with van der Waals surface area (Å²) < 4.78 is 37.3. The van der Waals surface area contributed by atoms with Gasteiger partial charge in [0.25, 0.3) is 5.91 Å². The summed E-state index contributed by atoms with van der Waals surface area (Å²) in [7, 11) is -2.22. The number of nitrogens with one attached hydrogen (secondary N) is 1. The normalized spacial score (nSPS) is 15.2. The zero-order valence-electron chi connectivity index (χ0n) is 14.4. The number of carbonyl (C=O) groups is 1. The fourth-order valence-corrected chi connectivity index (χ4v) is 4.49. The van der Waals surface area contributed by atoms with Crippen molar-refractivity contribution in [1.82, 2.24) is 4.31 Å². The number of nitrogens with zero attached hydrogens (tertiary/aromatic N) is 1. The number of methoxy groups -OCH3 is 1. The van der Waals surface area contributed by atoms with E-state index in [9.17, 15) is 13.2 Å². The number of furan rings is 1. The van der Waals surface area contributed by atoms with Crippen molar-refractivity contribution in [2.45, 2.75) is 24.3 Å². The number of ether oxygens (including phenoxy) is 1. The molecule has 0 radical (unpaired) electrons. The van der Waals surface area contributed by atoms with Gasteiger partial charge < -0.3 is 20.2 Å². The Morgan fingerprint density at radius 2 is 2.04 bits per heavy atom. The molecule has 0 bridgehead atoms. The number of sulfonamides is 1. The molecule has 1 fully saturated rings. The SMILES string of the molecule is COc1cc(NC(=O)c2coc(CN)c2)ccc1S(=O)(=O)N1CCCC1. The molecule has 3 rings (SSSR count). The maximum Gasteiger partial charge on any atom is 0.258 e. The van der Waals surface area contributed by atoms with Gasteiger partial charge in [0.1, 0.15) is 22.7 Å². The average Bonchev–Trinajstić information content (AvgIpc) is 3.33. The standard InChI is InChI=1S/C17H21N3O5S/c1-24-15-9-13(19-17(21)12-8-14(10-18)25-11-12)4-5-16(15)26(22,23)20-6-2-3-7-20/h4-5,8-9,11H,2-3,6-7,10,18H2,1H3,(H,19,21). The first-order valence-electron chi connectivity index (χ1n) is 8.22. The number of carbonyl (C=O) groups excluding carboxylic acids is 1. The molecule has 1 aromatic carbocycles. The molecular formula is C17H21N3O5S. The Kier molecular flexibility index (Phi) is 5.30. The average molecular weight is 379 g/mol. The third-order valence-electron chi connectivity index (χ3n) is 4.22. The summed E-state index contributed by atoms with van der Waals surface area (Å²) >= 11 is 0. The predicted octanol–water partition coefficient (Wildman–Crippen LogP) is 1.78. The number of benzene rings is 1. The van der Waals surface area contributed by atoms with Crippen LogP contribution in [-0.2, 0) is 16.6 Å². The molecule has 1 saturated heterocycles. The van der Waals surface area contributed by atoms with Crippen molar-refractivity contribution in [2.24, 2.45) is 5.73 Å². The Labute approximate surface area is 152 Å². The quantitative estimate of drug-likeness (QED) is 0.791. The monoisotopic (exact) mass is 379 g/mol. The van der Waals surface area contributed by atoms with Crippen LogP contribution in [0.1, 0.15) is 29.0 Å². The zero-order chi connectivity index (χ0) is 18.7. The minimum atomic E-state index is -3.61. The zero-order valence-corrected chi connectivity index (χ0v) is 15.2. The van der Waals surface area contributed by atoms with Crippen LogP contribution in [0, 0.1) is 0 Å². The van der Waals surface area contributed by atoms with Crippen LogP contribution in [0.5, 0.6) is 5.75 Å². The predicted molar refractivity (Wildman–Crippen MR) is 95.5 cm³/mol. The van der Waals surface area contributed by atoms with Crippen molar-refractivity contribution < 1.29 is 22.4 Å². The minimum absolute atomic E-state index is 0.0913. The van der Waals surface area contributed by atoms with Gasteiger partial charge >= 0.3 is 0 Å². The fourth-order valence-electron chi connectivity index (χ4n) is 2.84. The van der Waals surface area contributed by atoms with Crippen molar-refractivity contribution in [2.75, 3.05) is 25.5 Å². The smallest absolute Gasteiger partial charge is 0.258 e. The molecule has 8 nitrogen and oxygen atoms in total. The lowest BCUT2D eigenvalue weighted by molar-refractivity contribution is 0.102. The molecule has 9 heteroatoms. The van der Waals surface area contributed by atoms with E-state index in [1.807, 2.05) is 0 Å². The Hall–Kier alpha value is -2.36. The summed E-state index contributed by atoms with van der Waals surface area (Å²) in [6.45, 7) is 1.21. The molecular weight excluding hydrogens is 358 g/mol. The van der Waals surface area contributed by atoms with Gasteiger partial charge in [0.05, 0.1) is 19.2 Å². The van der Waals surface area contributed by atoms with E-state index in [2.05, 4.69) is 5.32 Å². The first-order chi connectivity index (χ1) is 12.5. The third-order valence-corrected chi connectivity index (χ3v) is 6.16.